The van der Waals surface area contributed by atoms with E-state index < -0.39 is 0 Å². The van der Waals surface area contributed by atoms with Crippen LogP contribution in [0.25, 0.3) is 10.8 Å². The van der Waals surface area contributed by atoms with Gasteiger partial charge in [-0.2, -0.15) is 0 Å². The number of benzene rings is 3. The van der Waals surface area contributed by atoms with Crippen molar-refractivity contribution >= 4 is 29.1 Å². The second-order valence-corrected chi connectivity index (χ2v) is 7.41. The Hall–Kier alpha value is -2.36. The Labute approximate surface area is 172 Å². The van der Waals surface area contributed by atoms with E-state index in [9.17, 15) is 4.79 Å². The Bertz CT molecular complexity index is 945. The quantitative estimate of drug-likeness (QED) is 0.637. The molecule has 0 spiro atoms. The van der Waals surface area contributed by atoms with Crippen LogP contribution in [-0.4, -0.2) is 19.0 Å². The van der Waals surface area contributed by atoms with E-state index in [4.69, 9.17) is 0 Å². The predicted octanol–water partition coefficient (Wildman–Crippen LogP) is 5.22. The summed E-state index contributed by atoms with van der Waals surface area (Å²) in [4.78, 5) is 12.9. The zero-order valence-electron chi connectivity index (χ0n) is 16.2. The van der Waals surface area contributed by atoms with E-state index in [-0.39, 0.29) is 24.4 Å². The van der Waals surface area contributed by atoms with Gasteiger partial charge in [-0.25, -0.2) is 0 Å². The van der Waals surface area contributed by atoms with Gasteiger partial charge >= 0.3 is 0 Å². The molecule has 2 N–H and O–H groups in total. The van der Waals surface area contributed by atoms with Crippen LogP contribution < -0.4 is 10.6 Å². The van der Waals surface area contributed by atoms with Crippen LogP contribution in [0.2, 0.25) is 0 Å². The molecule has 3 aromatic rings. The molecule has 1 saturated heterocycles. The molecule has 1 heterocycles. The molecular formula is C24H27ClN2O. The molecule has 3 nitrogen and oxygen atoms in total. The zero-order valence-corrected chi connectivity index (χ0v) is 17.0. The van der Waals surface area contributed by atoms with Crippen molar-refractivity contribution in [2.24, 2.45) is 0 Å². The molecule has 4 rings (SSSR count). The van der Waals surface area contributed by atoms with Crippen LogP contribution in [0.15, 0.2) is 66.7 Å². The number of nitrogens with one attached hydrogen (secondary N) is 2. The summed E-state index contributed by atoms with van der Waals surface area (Å²) in [6, 6.07) is 22.7. The smallest absolute Gasteiger partial charge is 0.251 e. The predicted molar refractivity (Wildman–Crippen MR) is 118 cm³/mol. The highest BCUT2D eigenvalue weighted by Gasteiger charge is 2.18. The van der Waals surface area contributed by atoms with Gasteiger partial charge in [-0.05, 0) is 72.8 Å². The fourth-order valence-electron chi connectivity index (χ4n) is 4.07. The van der Waals surface area contributed by atoms with Gasteiger partial charge in [-0.3, -0.25) is 4.79 Å². The lowest BCUT2D eigenvalue weighted by molar-refractivity contribution is 0.0940. The van der Waals surface area contributed by atoms with Crippen molar-refractivity contribution in [3.8, 4) is 0 Å². The van der Waals surface area contributed by atoms with E-state index >= 15 is 0 Å². The molecule has 1 amide bonds. The molecule has 3 aromatic carbocycles. The van der Waals surface area contributed by atoms with Gasteiger partial charge in [-0.1, -0.05) is 54.6 Å². The summed E-state index contributed by atoms with van der Waals surface area (Å²) in [5, 5.41) is 8.97. The monoisotopic (exact) mass is 394 g/mol. The number of hydrogen-bond donors (Lipinski definition) is 2. The first kappa shape index (κ1) is 20.4. The van der Waals surface area contributed by atoms with E-state index in [1.54, 1.807) is 0 Å². The topological polar surface area (TPSA) is 41.1 Å². The number of carbonyl (C=O) groups excluding carboxylic acids is 1. The minimum absolute atomic E-state index is 0. The first-order valence-corrected chi connectivity index (χ1v) is 9.81. The highest BCUT2D eigenvalue weighted by molar-refractivity contribution is 5.95. The number of hydrogen-bond acceptors (Lipinski definition) is 2. The second kappa shape index (κ2) is 9.22. The highest BCUT2D eigenvalue weighted by Crippen LogP contribution is 2.27. The lowest BCUT2D eigenvalue weighted by Gasteiger charge is -2.23. The van der Waals surface area contributed by atoms with Crippen LogP contribution >= 0.6 is 12.4 Å². The van der Waals surface area contributed by atoms with Crippen LogP contribution in [-0.2, 0) is 0 Å². The van der Waals surface area contributed by atoms with Crippen LogP contribution in [0.4, 0.5) is 0 Å². The maximum absolute atomic E-state index is 12.9. The van der Waals surface area contributed by atoms with Crippen molar-refractivity contribution in [3.05, 3.63) is 83.4 Å². The average molecular weight is 395 g/mol. The molecule has 1 fully saturated rings. The molecule has 1 atom stereocenters. The third-order valence-electron chi connectivity index (χ3n) is 5.60. The average Bonchev–Trinajstić information content (AvgIpc) is 2.74. The third-order valence-corrected chi connectivity index (χ3v) is 5.60. The Kier molecular flexibility index (Phi) is 6.71. The number of rotatable bonds is 4. The third kappa shape index (κ3) is 4.37. The Morgan fingerprint density at radius 1 is 1.00 bits per heavy atom. The van der Waals surface area contributed by atoms with Crippen LogP contribution in [0.3, 0.4) is 0 Å². The molecule has 28 heavy (non-hydrogen) atoms. The summed E-state index contributed by atoms with van der Waals surface area (Å²) in [5.41, 5.74) is 3.18. The number of amides is 1. The van der Waals surface area contributed by atoms with Crippen LogP contribution in [0.5, 0.6) is 0 Å². The Balaban J connectivity index is 0.00000225. The van der Waals surface area contributed by atoms with Gasteiger partial charge in [0.2, 0.25) is 0 Å². The first-order chi connectivity index (χ1) is 13.2. The van der Waals surface area contributed by atoms with E-state index in [1.807, 2.05) is 24.3 Å². The molecule has 4 heteroatoms. The largest absolute Gasteiger partial charge is 0.345 e. The van der Waals surface area contributed by atoms with Gasteiger partial charge in [0.1, 0.15) is 0 Å². The first-order valence-electron chi connectivity index (χ1n) is 9.81. The van der Waals surface area contributed by atoms with Crippen LogP contribution in [0, 0.1) is 0 Å². The number of halogens is 1. The van der Waals surface area contributed by atoms with E-state index in [2.05, 4.69) is 60.0 Å². The van der Waals surface area contributed by atoms with E-state index in [0.717, 1.165) is 37.1 Å². The maximum Gasteiger partial charge on any atom is 0.251 e. The fraction of sp³-hybridized carbons (Fsp3) is 0.292. The summed E-state index contributed by atoms with van der Waals surface area (Å²) < 4.78 is 0. The zero-order chi connectivity index (χ0) is 18.6. The minimum atomic E-state index is -0.0499. The molecule has 0 saturated carbocycles. The lowest BCUT2D eigenvalue weighted by Crippen LogP contribution is -2.28. The van der Waals surface area contributed by atoms with Crippen molar-refractivity contribution in [2.75, 3.05) is 13.1 Å². The number of carbonyl (C=O) groups is 1. The summed E-state index contributed by atoms with van der Waals surface area (Å²) in [5.74, 6) is 0.542. The fourth-order valence-corrected chi connectivity index (χ4v) is 4.07. The highest BCUT2D eigenvalue weighted by atomic mass is 35.5. The molecule has 0 radical (unpaired) electrons. The van der Waals surface area contributed by atoms with Gasteiger partial charge in [0.05, 0.1) is 6.04 Å². The van der Waals surface area contributed by atoms with Gasteiger partial charge in [-0.15, -0.1) is 12.4 Å². The molecule has 0 aromatic heterocycles. The van der Waals surface area contributed by atoms with Gasteiger partial charge in [0.15, 0.2) is 0 Å². The lowest BCUT2D eigenvalue weighted by atomic mass is 9.89. The van der Waals surface area contributed by atoms with Crippen molar-refractivity contribution in [1.29, 1.82) is 0 Å². The van der Waals surface area contributed by atoms with E-state index in [1.165, 1.54) is 16.3 Å². The SMILES string of the molecule is C[C@@H](NC(=O)c1cccc(C2CCNCC2)c1)c1cccc2ccccc12.Cl. The normalized spacial score (nSPS) is 15.6. The molecule has 146 valence electrons. The minimum Gasteiger partial charge on any atom is -0.345 e. The van der Waals surface area contributed by atoms with Gasteiger partial charge in [0, 0.05) is 5.56 Å². The number of piperidine rings is 1. The molecule has 0 aliphatic carbocycles. The Morgan fingerprint density at radius 3 is 2.54 bits per heavy atom. The molecule has 1 aliphatic rings. The van der Waals surface area contributed by atoms with Crippen molar-refractivity contribution in [3.63, 3.8) is 0 Å². The standard InChI is InChI=1S/C24H26N2O.ClH/c1-17(22-11-5-7-19-6-2-3-10-23(19)22)26-24(27)21-9-4-8-20(16-21)18-12-14-25-15-13-18;/h2-11,16-18,25H,12-15H2,1H3,(H,26,27);1H/t17-;/m1./s1. The maximum atomic E-state index is 12.9. The van der Waals surface area contributed by atoms with Crippen molar-refractivity contribution in [2.45, 2.75) is 31.7 Å². The second-order valence-electron chi connectivity index (χ2n) is 7.41. The number of fused-ring (bicyclic) bond motifs is 1. The molecule has 0 unspecified atom stereocenters. The Morgan fingerprint density at radius 2 is 1.71 bits per heavy atom. The van der Waals surface area contributed by atoms with Gasteiger partial charge in [0.25, 0.3) is 5.91 Å². The summed E-state index contributed by atoms with van der Waals surface area (Å²) in [6.07, 6.45) is 2.27. The molecule has 0 bridgehead atoms. The summed E-state index contributed by atoms with van der Waals surface area (Å²) >= 11 is 0. The molecular weight excluding hydrogens is 368 g/mol. The van der Waals surface area contributed by atoms with E-state index in [0.29, 0.717) is 5.92 Å². The van der Waals surface area contributed by atoms with Gasteiger partial charge < -0.3 is 10.6 Å². The molecule has 1 aliphatic heterocycles. The summed E-state index contributed by atoms with van der Waals surface area (Å²) in [6.45, 7) is 4.16. The van der Waals surface area contributed by atoms with Crippen molar-refractivity contribution in [1.82, 2.24) is 10.6 Å². The van der Waals surface area contributed by atoms with Crippen molar-refractivity contribution < 1.29 is 4.79 Å². The van der Waals surface area contributed by atoms with Crippen LogP contribution in [0.1, 0.15) is 53.2 Å². The summed E-state index contributed by atoms with van der Waals surface area (Å²) in [7, 11) is 0.